The van der Waals surface area contributed by atoms with Crippen LogP contribution in [0.25, 0.3) is 21.3 Å². The van der Waals surface area contributed by atoms with Gasteiger partial charge in [-0.1, -0.05) is 49.4 Å². The van der Waals surface area contributed by atoms with Crippen molar-refractivity contribution in [2.75, 3.05) is 23.4 Å². The standard InChI is InChI=1S/C39H45N6O2PS/c1-24-16-26-18-27(17-24)20-39(3,19-26)23-45-25(2)31(21-40-45)30-12-13-35(42-37(30)48(4)47)44-15-14-28-8-7-9-29(32(28)22-44)36(46)43-38-41-33-10-5-6-11-34(33)49-38/h5-13,21,24,26-27,47H,14-20,22-23H2,1-4H3,(H,41,43,46). The number of rotatable bonds is 7. The second-order valence-electron chi connectivity index (χ2n) is 15.2. The zero-order valence-electron chi connectivity index (χ0n) is 28.8. The third kappa shape index (κ3) is 6.42. The number of aromatic nitrogens is 4. The average Bonchev–Trinajstić information content (AvgIpc) is 3.64. The van der Waals surface area contributed by atoms with Gasteiger partial charge in [0, 0.05) is 42.0 Å². The molecule has 2 N–H and O–H groups in total. The Balaban J connectivity index is 1.03. The molecule has 1 amide bonds. The summed E-state index contributed by atoms with van der Waals surface area (Å²) in [4.78, 5) is 36.6. The molecule has 3 aromatic heterocycles. The van der Waals surface area contributed by atoms with Crippen molar-refractivity contribution in [1.29, 1.82) is 0 Å². The minimum Gasteiger partial charge on any atom is -0.368 e. The Morgan fingerprint density at radius 1 is 1.04 bits per heavy atom. The van der Waals surface area contributed by atoms with Crippen molar-refractivity contribution in [2.24, 2.45) is 23.2 Å². The number of hydrogen-bond acceptors (Lipinski definition) is 7. The van der Waals surface area contributed by atoms with Crippen LogP contribution >= 0.6 is 19.5 Å². The van der Waals surface area contributed by atoms with Gasteiger partial charge in [0.15, 0.2) is 5.13 Å². The number of fused-ring (bicyclic) bond motifs is 4. The molecule has 3 atom stereocenters. The van der Waals surface area contributed by atoms with E-state index in [4.69, 9.17) is 10.1 Å². The number of nitrogens with one attached hydrogen (secondary N) is 1. The van der Waals surface area contributed by atoms with E-state index in [2.05, 4.69) is 58.9 Å². The fourth-order valence-corrected chi connectivity index (χ4v) is 10.9. The second kappa shape index (κ2) is 12.9. The summed E-state index contributed by atoms with van der Waals surface area (Å²) in [5, 5.41) is 8.55. The first-order chi connectivity index (χ1) is 23.6. The lowest BCUT2D eigenvalue weighted by Crippen LogP contribution is -2.38. The summed E-state index contributed by atoms with van der Waals surface area (Å²) in [5.74, 6) is 3.21. The fraction of sp³-hybridized carbons (Fsp3) is 0.436. The molecule has 0 saturated heterocycles. The van der Waals surface area contributed by atoms with E-state index in [-0.39, 0.29) is 11.3 Å². The van der Waals surface area contributed by atoms with Crippen LogP contribution < -0.4 is 15.7 Å². The van der Waals surface area contributed by atoms with E-state index >= 15 is 0 Å². The normalized spacial score (nSPS) is 24.1. The summed E-state index contributed by atoms with van der Waals surface area (Å²) in [6.45, 7) is 11.2. The summed E-state index contributed by atoms with van der Waals surface area (Å²) in [6, 6.07) is 18.1. The van der Waals surface area contributed by atoms with Crippen LogP contribution in [0.5, 0.6) is 0 Å². The van der Waals surface area contributed by atoms with Crippen LogP contribution in [-0.4, -0.2) is 43.8 Å². The maximum absolute atomic E-state index is 13.6. The highest BCUT2D eigenvalue weighted by molar-refractivity contribution is 7.59. The summed E-state index contributed by atoms with van der Waals surface area (Å²) in [7, 11) is -1.47. The van der Waals surface area contributed by atoms with Crippen LogP contribution in [0.2, 0.25) is 0 Å². The summed E-state index contributed by atoms with van der Waals surface area (Å²) >= 11 is 1.48. The number of carbonyl (C=O) groups excluding carboxylic acids is 1. The van der Waals surface area contributed by atoms with Gasteiger partial charge in [-0.2, -0.15) is 5.10 Å². The van der Waals surface area contributed by atoms with Crippen molar-refractivity contribution in [3.63, 3.8) is 0 Å². The number of amides is 1. The van der Waals surface area contributed by atoms with E-state index in [0.717, 1.165) is 81.1 Å². The smallest absolute Gasteiger partial charge is 0.257 e. The lowest BCUT2D eigenvalue weighted by atomic mass is 9.59. The molecule has 2 bridgehead atoms. The summed E-state index contributed by atoms with van der Waals surface area (Å²) < 4.78 is 3.25. The second-order valence-corrected chi connectivity index (χ2v) is 17.7. The third-order valence-electron chi connectivity index (χ3n) is 11.1. The van der Waals surface area contributed by atoms with E-state index in [1.807, 2.05) is 49.3 Å². The molecule has 3 unspecified atom stereocenters. The number of anilines is 2. The lowest BCUT2D eigenvalue weighted by Gasteiger charge is -2.47. The molecule has 254 valence electrons. The minimum atomic E-state index is -1.47. The number of carbonyl (C=O) groups is 1. The van der Waals surface area contributed by atoms with Crippen molar-refractivity contribution in [1.82, 2.24) is 19.7 Å². The minimum absolute atomic E-state index is 0.151. The Hall–Kier alpha value is -3.65. The molecule has 3 aliphatic rings. The molecular formula is C39H45N6O2PS. The highest BCUT2D eigenvalue weighted by Crippen LogP contribution is 2.51. The first kappa shape index (κ1) is 32.5. The first-order valence-electron chi connectivity index (χ1n) is 17.6. The van der Waals surface area contributed by atoms with Gasteiger partial charge >= 0.3 is 0 Å². The number of nitrogens with zero attached hydrogens (tertiary/aromatic N) is 5. The van der Waals surface area contributed by atoms with Crippen molar-refractivity contribution < 1.29 is 9.69 Å². The molecule has 8 rings (SSSR count). The van der Waals surface area contributed by atoms with Gasteiger partial charge in [-0.15, -0.1) is 0 Å². The predicted octanol–water partition coefficient (Wildman–Crippen LogP) is 8.18. The molecule has 2 fully saturated rings. The number of benzene rings is 2. The number of para-hydroxylation sites is 1. The van der Waals surface area contributed by atoms with Gasteiger partial charge in [-0.25, -0.2) is 9.97 Å². The van der Waals surface area contributed by atoms with E-state index in [0.29, 0.717) is 17.2 Å². The predicted molar refractivity (Wildman–Crippen MR) is 201 cm³/mol. The van der Waals surface area contributed by atoms with Crippen molar-refractivity contribution in [2.45, 2.75) is 72.4 Å². The monoisotopic (exact) mass is 692 g/mol. The molecule has 8 nitrogen and oxygen atoms in total. The van der Waals surface area contributed by atoms with Gasteiger partial charge in [-0.3, -0.25) is 14.8 Å². The molecule has 49 heavy (non-hydrogen) atoms. The molecule has 2 aliphatic carbocycles. The maximum atomic E-state index is 13.6. The Kier molecular flexibility index (Phi) is 8.58. The Bertz CT molecular complexity index is 1990. The van der Waals surface area contributed by atoms with Crippen LogP contribution in [0, 0.1) is 30.1 Å². The highest BCUT2D eigenvalue weighted by Gasteiger charge is 2.41. The largest absolute Gasteiger partial charge is 0.368 e. The molecule has 2 aromatic carbocycles. The van der Waals surface area contributed by atoms with E-state index in [9.17, 15) is 9.69 Å². The quantitative estimate of drug-likeness (QED) is 0.167. The van der Waals surface area contributed by atoms with Crippen molar-refractivity contribution >= 4 is 52.0 Å². The van der Waals surface area contributed by atoms with Gasteiger partial charge in [0.25, 0.3) is 5.91 Å². The van der Waals surface area contributed by atoms with Gasteiger partial charge in [0.05, 0.1) is 24.6 Å². The molecule has 5 aromatic rings. The summed E-state index contributed by atoms with van der Waals surface area (Å²) in [6.07, 6.45) is 9.49. The van der Waals surface area contributed by atoms with Crippen LogP contribution in [0.3, 0.4) is 0 Å². The molecule has 1 aliphatic heterocycles. The van der Waals surface area contributed by atoms with Crippen LogP contribution in [0.4, 0.5) is 10.9 Å². The number of hydrogen-bond donors (Lipinski definition) is 2. The molecule has 10 heteroatoms. The van der Waals surface area contributed by atoms with E-state index in [1.54, 1.807) is 0 Å². The number of pyridine rings is 1. The van der Waals surface area contributed by atoms with Crippen molar-refractivity contribution in [3.8, 4) is 11.1 Å². The molecule has 2 saturated carbocycles. The molecular weight excluding hydrogens is 648 g/mol. The first-order valence-corrected chi connectivity index (χ1v) is 20.2. The SMILES string of the molecule is Cc1c(-c2ccc(N3CCc4cccc(C(=O)Nc5nc6ccccc6s5)c4C3)nc2P(C)O)cnn1CC1(C)CC2CC(C)CC(C2)C1. The van der Waals surface area contributed by atoms with Crippen LogP contribution in [-0.2, 0) is 19.5 Å². The van der Waals surface area contributed by atoms with E-state index in [1.165, 1.54) is 49.0 Å². The molecule has 0 radical (unpaired) electrons. The molecule has 4 heterocycles. The summed E-state index contributed by atoms with van der Waals surface area (Å²) in [5.41, 5.74) is 7.84. The van der Waals surface area contributed by atoms with Crippen LogP contribution in [0.15, 0.2) is 60.8 Å². The van der Waals surface area contributed by atoms with Gasteiger partial charge in [-0.05, 0) is 117 Å². The topological polar surface area (TPSA) is 96.2 Å². The van der Waals surface area contributed by atoms with Crippen LogP contribution in [0.1, 0.15) is 73.1 Å². The fourth-order valence-electron chi connectivity index (χ4n) is 9.22. The van der Waals surface area contributed by atoms with Gasteiger partial charge in [0.1, 0.15) is 11.3 Å². The third-order valence-corrected chi connectivity index (χ3v) is 13.1. The zero-order chi connectivity index (χ0) is 33.9. The maximum Gasteiger partial charge on any atom is 0.257 e. The van der Waals surface area contributed by atoms with Gasteiger partial charge in [0.2, 0.25) is 0 Å². The Morgan fingerprint density at radius 2 is 1.84 bits per heavy atom. The van der Waals surface area contributed by atoms with E-state index < -0.39 is 8.15 Å². The lowest BCUT2D eigenvalue weighted by molar-refractivity contribution is 0.0326. The zero-order valence-corrected chi connectivity index (χ0v) is 30.5. The Labute approximate surface area is 293 Å². The van der Waals surface area contributed by atoms with Crippen molar-refractivity contribution in [3.05, 3.63) is 83.2 Å². The average molecular weight is 693 g/mol. The Morgan fingerprint density at radius 3 is 2.61 bits per heavy atom. The molecule has 0 spiro atoms. The van der Waals surface area contributed by atoms with Gasteiger partial charge < -0.3 is 9.79 Å². The number of thiazole rings is 1. The highest BCUT2D eigenvalue weighted by atomic mass is 32.1.